The van der Waals surface area contributed by atoms with Crippen molar-refractivity contribution in [2.75, 3.05) is 29.9 Å². The summed E-state index contributed by atoms with van der Waals surface area (Å²) >= 11 is 0. The summed E-state index contributed by atoms with van der Waals surface area (Å²) < 4.78 is 40.8. The fourth-order valence-electron chi connectivity index (χ4n) is 3.69. The molecule has 1 aromatic carbocycles. The molecule has 7 nitrogen and oxygen atoms in total. The van der Waals surface area contributed by atoms with Crippen molar-refractivity contribution in [2.45, 2.75) is 12.8 Å². The SMILES string of the molecule is O=C(Nc1ccc(OC(F)(F)F)cc1)c1cnc(N2CC[C@@H](CO)C2)c(-c2cccnc2)c1. The first-order valence-corrected chi connectivity index (χ1v) is 10.3. The van der Waals surface area contributed by atoms with Crippen LogP contribution in [0.2, 0.25) is 0 Å². The molecule has 1 atom stereocenters. The minimum absolute atomic E-state index is 0.103. The van der Waals surface area contributed by atoms with Gasteiger partial charge in [0.15, 0.2) is 0 Å². The molecule has 2 N–H and O–H groups in total. The Morgan fingerprint density at radius 1 is 1.21 bits per heavy atom. The molecule has 2 aromatic heterocycles. The van der Waals surface area contributed by atoms with Crippen LogP contribution in [0, 0.1) is 5.92 Å². The van der Waals surface area contributed by atoms with Gasteiger partial charge in [-0.3, -0.25) is 9.78 Å². The summed E-state index contributed by atoms with van der Waals surface area (Å²) in [7, 11) is 0. The number of benzene rings is 1. The smallest absolute Gasteiger partial charge is 0.406 e. The van der Waals surface area contributed by atoms with Crippen molar-refractivity contribution in [3.05, 3.63) is 66.6 Å². The van der Waals surface area contributed by atoms with E-state index in [4.69, 9.17) is 0 Å². The van der Waals surface area contributed by atoms with Crippen molar-refractivity contribution < 1.29 is 27.8 Å². The summed E-state index contributed by atoms with van der Waals surface area (Å²) in [4.78, 5) is 23.6. The van der Waals surface area contributed by atoms with Gasteiger partial charge < -0.3 is 20.1 Å². The number of carbonyl (C=O) groups is 1. The van der Waals surface area contributed by atoms with Gasteiger partial charge in [0.05, 0.1) is 5.56 Å². The number of hydrogen-bond acceptors (Lipinski definition) is 6. The third-order valence-electron chi connectivity index (χ3n) is 5.29. The highest BCUT2D eigenvalue weighted by Gasteiger charge is 2.31. The highest BCUT2D eigenvalue weighted by molar-refractivity contribution is 6.05. The second kappa shape index (κ2) is 9.45. The average molecular weight is 458 g/mol. The summed E-state index contributed by atoms with van der Waals surface area (Å²) in [5.41, 5.74) is 2.11. The van der Waals surface area contributed by atoms with Crippen molar-refractivity contribution in [1.82, 2.24) is 9.97 Å². The molecule has 0 spiro atoms. The maximum Gasteiger partial charge on any atom is 0.573 e. The Labute approximate surface area is 187 Å². The number of aliphatic hydroxyl groups excluding tert-OH is 1. The second-order valence-corrected chi connectivity index (χ2v) is 7.65. The van der Waals surface area contributed by atoms with Crippen molar-refractivity contribution in [3.63, 3.8) is 0 Å². The summed E-state index contributed by atoms with van der Waals surface area (Å²) in [6.07, 6.45) is 0.852. The first-order chi connectivity index (χ1) is 15.8. The number of amides is 1. The number of aromatic nitrogens is 2. The number of nitrogens with one attached hydrogen (secondary N) is 1. The highest BCUT2D eigenvalue weighted by Crippen LogP contribution is 2.33. The van der Waals surface area contributed by atoms with Gasteiger partial charge in [0.25, 0.3) is 5.91 Å². The number of pyridine rings is 2. The maximum absolute atomic E-state index is 12.8. The number of alkyl halides is 3. The zero-order chi connectivity index (χ0) is 23.4. The van der Waals surface area contributed by atoms with E-state index in [0.29, 0.717) is 18.1 Å². The third kappa shape index (κ3) is 5.58. The van der Waals surface area contributed by atoms with Gasteiger partial charge in [-0.15, -0.1) is 13.2 Å². The van der Waals surface area contributed by atoms with Crippen molar-refractivity contribution >= 4 is 17.4 Å². The van der Waals surface area contributed by atoms with Crippen LogP contribution in [-0.2, 0) is 0 Å². The van der Waals surface area contributed by atoms with Gasteiger partial charge in [0, 0.05) is 61.0 Å². The Morgan fingerprint density at radius 3 is 2.64 bits per heavy atom. The zero-order valence-corrected chi connectivity index (χ0v) is 17.4. The second-order valence-electron chi connectivity index (χ2n) is 7.65. The van der Waals surface area contributed by atoms with E-state index in [1.54, 1.807) is 24.5 Å². The van der Waals surface area contributed by atoms with Gasteiger partial charge >= 0.3 is 6.36 Å². The van der Waals surface area contributed by atoms with E-state index in [0.717, 1.165) is 36.2 Å². The predicted molar refractivity (Wildman–Crippen MR) is 116 cm³/mol. The van der Waals surface area contributed by atoms with Crippen molar-refractivity contribution in [2.24, 2.45) is 5.92 Å². The standard InChI is InChI=1S/C23H21F3N4O3/c24-23(25,26)33-19-5-3-18(4-6-19)29-22(32)17-10-20(16-2-1-8-27-11-16)21(28-12-17)30-9-7-15(13-30)14-31/h1-6,8,10-12,15,31H,7,9,13-14H2,(H,29,32)/t15-/m1/s1. The molecule has 1 saturated heterocycles. The number of aliphatic hydroxyl groups is 1. The lowest BCUT2D eigenvalue weighted by atomic mass is 10.1. The molecular formula is C23H21F3N4O3. The van der Waals surface area contributed by atoms with Gasteiger partial charge in [-0.25, -0.2) is 4.98 Å². The number of hydrogen-bond donors (Lipinski definition) is 2. The number of rotatable bonds is 6. The van der Waals surface area contributed by atoms with E-state index in [2.05, 4.69) is 24.9 Å². The molecule has 0 radical (unpaired) electrons. The van der Waals surface area contributed by atoms with Gasteiger partial charge in [0.1, 0.15) is 11.6 Å². The van der Waals surface area contributed by atoms with Crippen LogP contribution in [0.25, 0.3) is 11.1 Å². The van der Waals surface area contributed by atoms with E-state index < -0.39 is 12.3 Å². The van der Waals surface area contributed by atoms with Crippen LogP contribution in [0.1, 0.15) is 16.8 Å². The topological polar surface area (TPSA) is 87.6 Å². The molecule has 3 heterocycles. The molecule has 1 aliphatic heterocycles. The average Bonchev–Trinajstić information content (AvgIpc) is 3.29. The molecule has 1 aliphatic rings. The molecule has 33 heavy (non-hydrogen) atoms. The molecule has 1 fully saturated rings. The molecule has 0 bridgehead atoms. The first kappa shape index (κ1) is 22.5. The van der Waals surface area contributed by atoms with Gasteiger partial charge in [-0.1, -0.05) is 6.07 Å². The number of anilines is 2. The summed E-state index contributed by atoms with van der Waals surface area (Å²) in [6.45, 7) is 1.50. The predicted octanol–water partition coefficient (Wildman–Crippen LogP) is 4.11. The van der Waals surface area contributed by atoms with Gasteiger partial charge in [-0.2, -0.15) is 0 Å². The first-order valence-electron chi connectivity index (χ1n) is 10.3. The van der Waals surface area contributed by atoms with E-state index in [1.165, 1.54) is 18.3 Å². The van der Waals surface area contributed by atoms with Crippen LogP contribution in [-0.4, -0.2) is 47.0 Å². The van der Waals surface area contributed by atoms with Crippen LogP contribution < -0.4 is 15.0 Å². The van der Waals surface area contributed by atoms with Crippen LogP contribution in [0.4, 0.5) is 24.7 Å². The molecule has 4 rings (SSSR count). The number of carbonyl (C=O) groups excluding carboxylic acids is 1. The Balaban J connectivity index is 1.57. The number of halogens is 3. The molecule has 3 aromatic rings. The minimum atomic E-state index is -4.78. The fraction of sp³-hybridized carbons (Fsp3) is 0.261. The van der Waals surface area contributed by atoms with Crippen molar-refractivity contribution in [1.29, 1.82) is 0 Å². The lowest BCUT2D eigenvalue weighted by Gasteiger charge is -2.21. The van der Waals surface area contributed by atoms with E-state index in [-0.39, 0.29) is 23.8 Å². The van der Waals surface area contributed by atoms with Crippen LogP contribution in [0.5, 0.6) is 5.75 Å². The lowest BCUT2D eigenvalue weighted by molar-refractivity contribution is -0.274. The van der Waals surface area contributed by atoms with Crippen LogP contribution in [0.15, 0.2) is 61.1 Å². The van der Waals surface area contributed by atoms with Crippen molar-refractivity contribution in [3.8, 4) is 16.9 Å². The molecule has 0 saturated carbocycles. The Morgan fingerprint density at radius 2 is 2.00 bits per heavy atom. The maximum atomic E-state index is 12.8. The Bertz CT molecular complexity index is 1110. The summed E-state index contributed by atoms with van der Waals surface area (Å²) in [6, 6.07) is 10.3. The van der Waals surface area contributed by atoms with Gasteiger partial charge in [-0.05, 0) is 42.8 Å². The molecule has 1 amide bonds. The molecule has 0 unspecified atom stereocenters. The largest absolute Gasteiger partial charge is 0.573 e. The summed E-state index contributed by atoms with van der Waals surface area (Å²) in [5.74, 6) is 0.0282. The third-order valence-corrected chi connectivity index (χ3v) is 5.29. The Hall–Kier alpha value is -3.66. The quantitative estimate of drug-likeness (QED) is 0.578. The summed E-state index contributed by atoms with van der Waals surface area (Å²) in [5, 5.41) is 12.1. The Kier molecular flexibility index (Phi) is 6.45. The monoisotopic (exact) mass is 458 g/mol. The highest BCUT2D eigenvalue weighted by atomic mass is 19.4. The van der Waals surface area contributed by atoms with Gasteiger partial charge in [0.2, 0.25) is 0 Å². The number of ether oxygens (including phenoxy) is 1. The minimum Gasteiger partial charge on any atom is -0.406 e. The molecule has 0 aliphatic carbocycles. The van der Waals surface area contributed by atoms with E-state index in [1.807, 2.05) is 6.07 Å². The van der Waals surface area contributed by atoms with Crippen LogP contribution >= 0.6 is 0 Å². The fourth-order valence-corrected chi connectivity index (χ4v) is 3.69. The zero-order valence-electron chi connectivity index (χ0n) is 17.4. The molecule has 172 valence electrons. The molecule has 10 heteroatoms. The van der Waals surface area contributed by atoms with E-state index in [9.17, 15) is 23.1 Å². The molecular weight excluding hydrogens is 437 g/mol. The lowest BCUT2D eigenvalue weighted by Crippen LogP contribution is -2.23. The van der Waals surface area contributed by atoms with E-state index >= 15 is 0 Å². The number of nitrogens with zero attached hydrogens (tertiary/aromatic N) is 3. The van der Waals surface area contributed by atoms with Crippen LogP contribution in [0.3, 0.4) is 0 Å². The normalized spacial score (nSPS) is 16.0.